The molecule has 6 heteroatoms. The third kappa shape index (κ3) is 5.35. The Hall–Kier alpha value is -1.30. The predicted molar refractivity (Wildman–Crippen MR) is 72.9 cm³/mol. The van der Waals surface area contributed by atoms with Gasteiger partial charge < -0.3 is 10.3 Å². The molecule has 1 amide bonds. The van der Waals surface area contributed by atoms with Crippen LogP contribution in [0.5, 0.6) is 0 Å². The lowest BCUT2D eigenvalue weighted by Crippen LogP contribution is -2.41. The molecule has 5 nitrogen and oxygen atoms in total. The Balaban J connectivity index is 2.61. The third-order valence-corrected chi connectivity index (χ3v) is 2.86. The number of amides is 1. The van der Waals surface area contributed by atoms with E-state index in [2.05, 4.69) is 15.3 Å². The number of hydrogen-bond donors (Lipinski definition) is 2. The number of carbonyl (C=O) groups is 1. The second-order valence-electron chi connectivity index (χ2n) is 4.98. The van der Waals surface area contributed by atoms with Crippen molar-refractivity contribution in [1.82, 2.24) is 15.3 Å². The van der Waals surface area contributed by atoms with Crippen molar-refractivity contribution in [3.05, 3.63) is 22.1 Å². The number of thioether (sulfide) groups is 1. The molecule has 0 aliphatic carbocycles. The smallest absolute Gasteiger partial charge is 0.251 e. The number of aromatic amines is 1. The highest BCUT2D eigenvalue weighted by Crippen LogP contribution is 2.11. The maximum absolute atomic E-state index is 11.6. The molecular weight excluding hydrogens is 250 g/mol. The molecule has 1 aromatic heterocycles. The van der Waals surface area contributed by atoms with Gasteiger partial charge in [-0.05, 0) is 27.2 Å². The van der Waals surface area contributed by atoms with Crippen LogP contribution in [0.25, 0.3) is 0 Å². The van der Waals surface area contributed by atoms with Crippen LogP contribution in [0.4, 0.5) is 0 Å². The molecule has 0 atom stereocenters. The second-order valence-corrected chi connectivity index (χ2v) is 5.95. The number of nitrogens with zero attached hydrogens (tertiary/aromatic N) is 1. The lowest BCUT2D eigenvalue weighted by atomic mass is 10.1. The van der Waals surface area contributed by atoms with E-state index >= 15 is 0 Å². The highest BCUT2D eigenvalue weighted by atomic mass is 32.2. The van der Waals surface area contributed by atoms with Gasteiger partial charge in [-0.25, -0.2) is 4.98 Å². The third-order valence-electron chi connectivity index (χ3n) is 1.99. The Kier molecular flexibility index (Phi) is 4.95. The summed E-state index contributed by atoms with van der Waals surface area (Å²) < 4.78 is 0. The summed E-state index contributed by atoms with van der Waals surface area (Å²) in [6, 6.07) is 1.47. The van der Waals surface area contributed by atoms with Gasteiger partial charge >= 0.3 is 0 Å². The molecule has 0 spiro atoms. The Morgan fingerprint density at radius 2 is 2.17 bits per heavy atom. The zero-order valence-electron chi connectivity index (χ0n) is 11.2. The summed E-state index contributed by atoms with van der Waals surface area (Å²) >= 11 is 1.23. The summed E-state index contributed by atoms with van der Waals surface area (Å²) in [6.45, 7) is 7.71. The van der Waals surface area contributed by atoms with E-state index in [-0.39, 0.29) is 22.8 Å². The summed E-state index contributed by atoms with van der Waals surface area (Å²) in [5.74, 6) is 0.171. The molecule has 18 heavy (non-hydrogen) atoms. The SMILES string of the molecule is CCc1cc(=O)[nH]c(SCC(=O)NC(C)(C)C)n1. The molecule has 0 saturated heterocycles. The molecule has 0 unspecified atom stereocenters. The van der Waals surface area contributed by atoms with Crippen LogP contribution in [0.2, 0.25) is 0 Å². The molecule has 100 valence electrons. The molecule has 0 radical (unpaired) electrons. The molecule has 0 bridgehead atoms. The maximum atomic E-state index is 11.6. The highest BCUT2D eigenvalue weighted by molar-refractivity contribution is 7.99. The van der Waals surface area contributed by atoms with Gasteiger partial charge in [0.05, 0.1) is 5.75 Å². The summed E-state index contributed by atoms with van der Waals surface area (Å²) in [4.78, 5) is 29.8. The molecule has 2 N–H and O–H groups in total. The van der Waals surface area contributed by atoms with Crippen LogP contribution >= 0.6 is 11.8 Å². The van der Waals surface area contributed by atoms with Gasteiger partial charge in [0.15, 0.2) is 5.16 Å². The van der Waals surface area contributed by atoms with Crippen LogP contribution in [0.1, 0.15) is 33.4 Å². The van der Waals surface area contributed by atoms with Crippen molar-refractivity contribution in [2.75, 3.05) is 5.75 Å². The van der Waals surface area contributed by atoms with E-state index in [9.17, 15) is 9.59 Å². The van der Waals surface area contributed by atoms with E-state index in [1.807, 2.05) is 27.7 Å². The monoisotopic (exact) mass is 269 g/mol. The minimum atomic E-state index is -0.246. The van der Waals surface area contributed by atoms with Crippen LogP contribution in [0.3, 0.4) is 0 Å². The standard InChI is InChI=1S/C12H19N3O2S/c1-5-8-6-9(16)14-11(13-8)18-7-10(17)15-12(2,3)4/h6H,5,7H2,1-4H3,(H,15,17)(H,13,14,16). The fraction of sp³-hybridized carbons (Fsp3) is 0.583. The van der Waals surface area contributed by atoms with E-state index in [0.29, 0.717) is 11.6 Å². The Labute approximate surface area is 111 Å². The van der Waals surface area contributed by atoms with Crippen LogP contribution < -0.4 is 10.9 Å². The van der Waals surface area contributed by atoms with Gasteiger partial charge in [-0.15, -0.1) is 0 Å². The Morgan fingerprint density at radius 1 is 1.50 bits per heavy atom. The summed E-state index contributed by atoms with van der Waals surface area (Å²) in [5.41, 5.74) is 0.307. The highest BCUT2D eigenvalue weighted by Gasteiger charge is 2.14. The van der Waals surface area contributed by atoms with Gasteiger partial charge in [0.2, 0.25) is 5.91 Å². The quantitative estimate of drug-likeness (QED) is 0.639. The van der Waals surface area contributed by atoms with E-state index in [1.54, 1.807) is 0 Å². The van der Waals surface area contributed by atoms with Crippen molar-refractivity contribution in [2.45, 2.75) is 44.8 Å². The van der Waals surface area contributed by atoms with Crippen LogP contribution in [-0.2, 0) is 11.2 Å². The van der Waals surface area contributed by atoms with E-state index in [4.69, 9.17) is 0 Å². The van der Waals surface area contributed by atoms with Crippen molar-refractivity contribution in [3.8, 4) is 0 Å². The zero-order chi connectivity index (χ0) is 13.8. The van der Waals surface area contributed by atoms with Gasteiger partial charge in [0.1, 0.15) is 0 Å². The largest absolute Gasteiger partial charge is 0.351 e. The first kappa shape index (κ1) is 14.8. The zero-order valence-corrected chi connectivity index (χ0v) is 12.0. The average molecular weight is 269 g/mol. The van der Waals surface area contributed by atoms with Gasteiger partial charge in [0.25, 0.3) is 5.56 Å². The first-order valence-electron chi connectivity index (χ1n) is 5.84. The Morgan fingerprint density at radius 3 is 2.72 bits per heavy atom. The molecular formula is C12H19N3O2S. The molecule has 0 aliphatic heterocycles. The molecule has 1 aromatic rings. The summed E-state index contributed by atoms with van der Waals surface area (Å²) in [7, 11) is 0. The number of H-pyrrole nitrogens is 1. The fourth-order valence-electron chi connectivity index (χ4n) is 1.32. The number of aromatic nitrogens is 2. The van der Waals surface area contributed by atoms with Crippen LogP contribution in [0, 0.1) is 0 Å². The van der Waals surface area contributed by atoms with Gasteiger partial charge in [-0.2, -0.15) is 0 Å². The minimum absolute atomic E-state index is 0.0722. The van der Waals surface area contributed by atoms with Gasteiger partial charge in [-0.1, -0.05) is 18.7 Å². The van der Waals surface area contributed by atoms with Gasteiger partial charge in [-0.3, -0.25) is 9.59 Å². The first-order chi connectivity index (χ1) is 8.30. The molecule has 0 aliphatic rings. The van der Waals surface area contributed by atoms with E-state index < -0.39 is 0 Å². The molecule has 1 rings (SSSR count). The van der Waals surface area contributed by atoms with E-state index in [0.717, 1.165) is 5.69 Å². The molecule has 0 aromatic carbocycles. The summed E-state index contributed by atoms with van der Waals surface area (Å²) in [6.07, 6.45) is 0.700. The van der Waals surface area contributed by atoms with Crippen LogP contribution in [-0.4, -0.2) is 27.2 Å². The lowest BCUT2D eigenvalue weighted by Gasteiger charge is -2.20. The predicted octanol–water partition coefficient (Wildman–Crippen LogP) is 1.34. The van der Waals surface area contributed by atoms with Crippen molar-refractivity contribution in [1.29, 1.82) is 0 Å². The number of hydrogen-bond acceptors (Lipinski definition) is 4. The summed E-state index contributed by atoms with van der Waals surface area (Å²) in [5, 5.41) is 3.34. The fourth-order valence-corrected chi connectivity index (χ4v) is 2.02. The molecule has 1 heterocycles. The number of rotatable bonds is 4. The maximum Gasteiger partial charge on any atom is 0.251 e. The van der Waals surface area contributed by atoms with Crippen molar-refractivity contribution >= 4 is 17.7 Å². The van der Waals surface area contributed by atoms with Crippen LogP contribution in [0.15, 0.2) is 16.0 Å². The van der Waals surface area contributed by atoms with Crippen molar-refractivity contribution in [2.24, 2.45) is 0 Å². The van der Waals surface area contributed by atoms with E-state index in [1.165, 1.54) is 17.8 Å². The topological polar surface area (TPSA) is 74.8 Å². The first-order valence-corrected chi connectivity index (χ1v) is 6.83. The number of nitrogens with one attached hydrogen (secondary N) is 2. The normalized spacial score (nSPS) is 11.3. The second kappa shape index (κ2) is 6.04. The van der Waals surface area contributed by atoms with Crippen molar-refractivity contribution in [3.63, 3.8) is 0 Å². The van der Waals surface area contributed by atoms with Gasteiger partial charge in [0, 0.05) is 17.3 Å². The number of carbonyl (C=O) groups excluding carboxylic acids is 1. The van der Waals surface area contributed by atoms with Crippen molar-refractivity contribution < 1.29 is 4.79 Å². The number of aryl methyl sites for hydroxylation is 1. The average Bonchev–Trinajstić information content (AvgIpc) is 2.23. The lowest BCUT2D eigenvalue weighted by molar-refractivity contribution is -0.119. The molecule has 0 fully saturated rings. The molecule has 0 saturated carbocycles. The minimum Gasteiger partial charge on any atom is -0.351 e. The Bertz CT molecular complexity index is 477.